The first-order valence-electron chi connectivity index (χ1n) is 8.02. The summed E-state index contributed by atoms with van der Waals surface area (Å²) in [5.41, 5.74) is -0.0265. The van der Waals surface area contributed by atoms with Gasteiger partial charge in [-0.15, -0.1) is 0 Å². The van der Waals surface area contributed by atoms with Crippen LogP contribution in [-0.4, -0.2) is 35.7 Å². The Morgan fingerprint density at radius 1 is 1.39 bits per heavy atom. The SMILES string of the molecule is CCC(O)CN(CC(=O)NC(C)(C#N)C(C)C)c1ccccc1. The van der Waals surface area contributed by atoms with Gasteiger partial charge in [0.05, 0.1) is 18.7 Å². The fourth-order valence-corrected chi connectivity index (χ4v) is 2.09. The Morgan fingerprint density at radius 3 is 2.48 bits per heavy atom. The van der Waals surface area contributed by atoms with E-state index >= 15 is 0 Å². The molecule has 0 saturated heterocycles. The Kier molecular flexibility index (Phi) is 7.05. The Balaban J connectivity index is 2.85. The van der Waals surface area contributed by atoms with Crippen LogP contribution in [0.15, 0.2) is 30.3 Å². The Hall–Kier alpha value is -2.06. The molecule has 2 N–H and O–H groups in total. The number of nitrogens with one attached hydrogen (secondary N) is 1. The van der Waals surface area contributed by atoms with Crippen LogP contribution in [0.4, 0.5) is 5.69 Å². The van der Waals surface area contributed by atoms with E-state index in [1.54, 1.807) is 6.92 Å². The number of hydrogen-bond donors (Lipinski definition) is 2. The van der Waals surface area contributed by atoms with E-state index in [1.807, 2.05) is 56.0 Å². The molecular formula is C18H27N3O2. The zero-order valence-corrected chi connectivity index (χ0v) is 14.4. The lowest BCUT2D eigenvalue weighted by Crippen LogP contribution is -2.52. The minimum absolute atomic E-state index is 0.00265. The average molecular weight is 317 g/mol. The average Bonchev–Trinajstić information content (AvgIpc) is 2.54. The van der Waals surface area contributed by atoms with Crippen molar-refractivity contribution < 1.29 is 9.90 Å². The molecule has 23 heavy (non-hydrogen) atoms. The van der Waals surface area contributed by atoms with Crippen LogP contribution in [0.5, 0.6) is 0 Å². The number of nitriles is 1. The molecule has 1 amide bonds. The van der Waals surface area contributed by atoms with Crippen molar-refractivity contribution in [2.75, 3.05) is 18.0 Å². The van der Waals surface area contributed by atoms with E-state index in [2.05, 4.69) is 11.4 Å². The van der Waals surface area contributed by atoms with Crippen molar-refractivity contribution >= 4 is 11.6 Å². The third-order valence-electron chi connectivity index (χ3n) is 4.14. The highest BCUT2D eigenvalue weighted by molar-refractivity contribution is 5.82. The maximum Gasteiger partial charge on any atom is 0.240 e. The number of nitrogens with zero attached hydrogens (tertiary/aromatic N) is 2. The fourth-order valence-electron chi connectivity index (χ4n) is 2.09. The van der Waals surface area contributed by atoms with Gasteiger partial charge in [-0.2, -0.15) is 5.26 Å². The molecule has 2 atom stereocenters. The van der Waals surface area contributed by atoms with E-state index in [9.17, 15) is 15.2 Å². The second kappa shape index (κ2) is 8.54. The van der Waals surface area contributed by atoms with Crippen molar-refractivity contribution in [3.05, 3.63) is 30.3 Å². The lowest BCUT2D eigenvalue weighted by molar-refractivity contribution is -0.121. The molecule has 0 radical (unpaired) electrons. The molecule has 0 aliphatic carbocycles. The summed E-state index contributed by atoms with van der Waals surface area (Å²) in [6.45, 7) is 7.91. The summed E-state index contributed by atoms with van der Waals surface area (Å²) in [7, 11) is 0. The molecule has 2 unspecified atom stereocenters. The predicted octanol–water partition coefficient (Wildman–Crippen LogP) is 2.32. The van der Waals surface area contributed by atoms with Crippen LogP contribution in [0.2, 0.25) is 0 Å². The smallest absolute Gasteiger partial charge is 0.240 e. The third-order valence-corrected chi connectivity index (χ3v) is 4.14. The second-order valence-corrected chi connectivity index (χ2v) is 6.30. The summed E-state index contributed by atoms with van der Waals surface area (Å²) in [5.74, 6) is -0.224. The number of aliphatic hydroxyl groups is 1. The molecule has 0 heterocycles. The van der Waals surface area contributed by atoms with Crippen LogP contribution in [0.25, 0.3) is 0 Å². The summed E-state index contributed by atoms with van der Waals surface area (Å²) < 4.78 is 0. The first kappa shape index (κ1) is 19.0. The highest BCUT2D eigenvalue weighted by Crippen LogP contribution is 2.17. The lowest BCUT2D eigenvalue weighted by Gasteiger charge is -2.31. The maximum atomic E-state index is 12.4. The van der Waals surface area contributed by atoms with E-state index < -0.39 is 11.6 Å². The summed E-state index contributed by atoms with van der Waals surface area (Å²) >= 11 is 0. The highest BCUT2D eigenvalue weighted by Gasteiger charge is 2.30. The zero-order valence-electron chi connectivity index (χ0n) is 14.4. The Labute approximate surface area is 138 Å². The number of anilines is 1. The fraction of sp³-hybridized carbons (Fsp3) is 0.556. The number of carbonyl (C=O) groups is 1. The molecule has 1 aromatic carbocycles. The van der Waals surface area contributed by atoms with Crippen molar-refractivity contribution in [2.45, 2.75) is 45.8 Å². The van der Waals surface area contributed by atoms with E-state index in [4.69, 9.17) is 0 Å². The number of hydrogen-bond acceptors (Lipinski definition) is 4. The van der Waals surface area contributed by atoms with Crippen LogP contribution in [0.3, 0.4) is 0 Å². The molecule has 0 spiro atoms. The van der Waals surface area contributed by atoms with E-state index in [1.165, 1.54) is 0 Å². The van der Waals surface area contributed by atoms with Crippen LogP contribution in [0.1, 0.15) is 34.1 Å². The molecule has 0 aliphatic rings. The quantitative estimate of drug-likeness (QED) is 0.771. The van der Waals surface area contributed by atoms with Crippen molar-refractivity contribution in [3.8, 4) is 6.07 Å². The van der Waals surface area contributed by atoms with Gasteiger partial charge < -0.3 is 15.3 Å². The van der Waals surface area contributed by atoms with Crippen molar-refractivity contribution in [1.82, 2.24) is 5.32 Å². The van der Waals surface area contributed by atoms with Crippen LogP contribution in [0, 0.1) is 17.2 Å². The minimum Gasteiger partial charge on any atom is -0.391 e. The van der Waals surface area contributed by atoms with Gasteiger partial charge in [-0.3, -0.25) is 4.79 Å². The first-order valence-corrected chi connectivity index (χ1v) is 8.02. The van der Waals surface area contributed by atoms with E-state index in [-0.39, 0.29) is 18.4 Å². The first-order chi connectivity index (χ1) is 10.8. The standard InChI is InChI=1S/C18H27N3O2/c1-5-16(22)11-21(15-9-7-6-8-10-15)12-17(23)20-18(4,13-19)14(2)3/h6-10,14,16,22H,5,11-12H2,1-4H3,(H,20,23). The van der Waals surface area contributed by atoms with Crippen LogP contribution >= 0.6 is 0 Å². The van der Waals surface area contributed by atoms with Crippen molar-refractivity contribution in [3.63, 3.8) is 0 Å². The van der Waals surface area contributed by atoms with Gasteiger partial charge in [-0.25, -0.2) is 0 Å². The molecule has 0 aromatic heterocycles. The largest absolute Gasteiger partial charge is 0.391 e. The van der Waals surface area contributed by atoms with Gasteiger partial charge in [-0.1, -0.05) is 39.0 Å². The molecule has 0 bridgehead atoms. The Morgan fingerprint density at radius 2 is 2.00 bits per heavy atom. The number of aliphatic hydroxyl groups excluding tert-OH is 1. The second-order valence-electron chi connectivity index (χ2n) is 6.30. The zero-order chi connectivity index (χ0) is 17.5. The van der Waals surface area contributed by atoms with Gasteiger partial charge in [0.25, 0.3) is 0 Å². The van der Waals surface area contributed by atoms with Gasteiger partial charge in [0.2, 0.25) is 5.91 Å². The molecule has 0 fully saturated rings. The van der Waals surface area contributed by atoms with Gasteiger partial charge >= 0.3 is 0 Å². The molecule has 0 aliphatic heterocycles. The molecule has 0 saturated carbocycles. The summed E-state index contributed by atoms with van der Waals surface area (Å²) in [5, 5.41) is 22.1. The monoisotopic (exact) mass is 317 g/mol. The third kappa shape index (κ3) is 5.57. The van der Waals surface area contributed by atoms with Crippen LogP contribution in [-0.2, 0) is 4.79 Å². The molecular weight excluding hydrogens is 290 g/mol. The number of para-hydroxylation sites is 1. The molecule has 5 heteroatoms. The lowest BCUT2D eigenvalue weighted by atomic mass is 9.90. The highest BCUT2D eigenvalue weighted by atomic mass is 16.3. The van der Waals surface area contributed by atoms with Gasteiger partial charge in [-0.05, 0) is 31.4 Å². The molecule has 5 nitrogen and oxygen atoms in total. The van der Waals surface area contributed by atoms with Gasteiger partial charge in [0.15, 0.2) is 0 Å². The summed E-state index contributed by atoms with van der Waals surface area (Å²) in [4.78, 5) is 14.2. The van der Waals surface area contributed by atoms with Gasteiger partial charge in [0.1, 0.15) is 5.54 Å². The van der Waals surface area contributed by atoms with Gasteiger partial charge in [0, 0.05) is 12.2 Å². The number of amides is 1. The number of benzene rings is 1. The topological polar surface area (TPSA) is 76.4 Å². The van der Waals surface area contributed by atoms with E-state index in [0.29, 0.717) is 13.0 Å². The van der Waals surface area contributed by atoms with Crippen molar-refractivity contribution in [1.29, 1.82) is 5.26 Å². The maximum absolute atomic E-state index is 12.4. The molecule has 1 rings (SSSR count). The molecule has 1 aromatic rings. The van der Waals surface area contributed by atoms with Crippen molar-refractivity contribution in [2.24, 2.45) is 5.92 Å². The summed E-state index contributed by atoms with van der Waals surface area (Å²) in [6.07, 6.45) is 0.114. The molecule has 126 valence electrons. The van der Waals surface area contributed by atoms with E-state index in [0.717, 1.165) is 5.69 Å². The predicted molar refractivity (Wildman–Crippen MR) is 92.0 cm³/mol. The Bertz CT molecular complexity index is 539. The van der Waals surface area contributed by atoms with Crippen LogP contribution < -0.4 is 10.2 Å². The number of carbonyl (C=O) groups excluding carboxylic acids is 1. The minimum atomic E-state index is -0.900. The number of rotatable bonds is 8. The normalized spacial score (nSPS) is 14.7. The summed E-state index contributed by atoms with van der Waals surface area (Å²) in [6, 6.07) is 11.7.